The summed E-state index contributed by atoms with van der Waals surface area (Å²) in [5, 5.41) is 3.36. The van der Waals surface area contributed by atoms with Gasteiger partial charge in [-0.1, -0.05) is 0 Å². The van der Waals surface area contributed by atoms with Crippen molar-refractivity contribution in [3.63, 3.8) is 0 Å². The van der Waals surface area contributed by atoms with Crippen LogP contribution in [-0.4, -0.2) is 41.4 Å². The lowest BCUT2D eigenvalue weighted by Crippen LogP contribution is -2.51. The predicted molar refractivity (Wildman–Crippen MR) is 54.7 cm³/mol. The molecule has 2 aliphatic rings. The van der Waals surface area contributed by atoms with E-state index in [9.17, 15) is 4.46 Å². The molecule has 0 radical (unpaired) electrons. The van der Waals surface area contributed by atoms with Crippen molar-refractivity contribution in [2.45, 2.75) is 31.9 Å². The molecule has 0 aliphatic carbocycles. The Balaban J connectivity index is 2.11. The Morgan fingerprint density at radius 3 is 2.86 bits per heavy atom. The van der Waals surface area contributed by atoms with E-state index in [-0.39, 0.29) is 17.6 Å². The predicted octanol–water partition coefficient (Wildman–Crippen LogP) is -0.570. The molecule has 0 unspecified atom stereocenters. The van der Waals surface area contributed by atoms with Gasteiger partial charge < -0.3 is 19.5 Å². The summed E-state index contributed by atoms with van der Waals surface area (Å²) in [6.45, 7) is 5.02. The lowest BCUT2D eigenvalue weighted by atomic mass is 9.74. The van der Waals surface area contributed by atoms with Crippen LogP contribution in [0.3, 0.4) is 0 Å². The van der Waals surface area contributed by atoms with Crippen molar-refractivity contribution in [2.75, 3.05) is 19.7 Å². The van der Waals surface area contributed by atoms with Gasteiger partial charge in [0.05, 0.1) is 18.8 Å². The van der Waals surface area contributed by atoms with Gasteiger partial charge in [0, 0.05) is 5.41 Å². The Morgan fingerprint density at radius 2 is 2.21 bits per heavy atom. The van der Waals surface area contributed by atoms with Gasteiger partial charge in [0.2, 0.25) is 0 Å². The highest BCUT2D eigenvalue weighted by Crippen LogP contribution is 2.40. The van der Waals surface area contributed by atoms with E-state index in [0.717, 1.165) is 32.5 Å². The Morgan fingerprint density at radius 1 is 1.50 bits per heavy atom. The summed E-state index contributed by atoms with van der Waals surface area (Å²) in [4.78, 5) is 3.13. The molecule has 2 N–H and O–H groups in total. The van der Waals surface area contributed by atoms with E-state index in [4.69, 9.17) is 4.74 Å². The fraction of sp³-hybridized carbons (Fsp3) is 1.00. The van der Waals surface area contributed by atoms with E-state index in [2.05, 4.69) is 17.2 Å². The van der Waals surface area contributed by atoms with Crippen molar-refractivity contribution in [3.05, 3.63) is 0 Å². The highest BCUT2D eigenvalue weighted by atomic mass is 28.2. The minimum Gasteiger partial charge on any atom is -0.387 e. The zero-order valence-corrected chi connectivity index (χ0v) is 9.74. The van der Waals surface area contributed by atoms with Gasteiger partial charge in [0.1, 0.15) is 0 Å². The van der Waals surface area contributed by atoms with E-state index in [1.54, 1.807) is 0 Å². The molecule has 5 heteroatoms. The van der Waals surface area contributed by atoms with Crippen LogP contribution >= 0.6 is 0 Å². The molecule has 0 aromatic rings. The number of ether oxygens (including phenoxy) is 1. The third-order valence-corrected chi connectivity index (χ3v) is 4.10. The summed E-state index contributed by atoms with van der Waals surface area (Å²) in [7, 11) is -0.872. The van der Waals surface area contributed by atoms with Gasteiger partial charge in [0.15, 0.2) is 0 Å². The van der Waals surface area contributed by atoms with Crippen LogP contribution in [0.2, 0.25) is 0 Å². The first kappa shape index (κ1) is 10.3. The van der Waals surface area contributed by atoms with Crippen molar-refractivity contribution in [2.24, 2.45) is 5.41 Å². The molecule has 80 valence electrons. The highest BCUT2D eigenvalue weighted by Gasteiger charge is 2.47. The molecular weight excluding hydrogens is 196 g/mol. The zero-order valence-electron chi connectivity index (χ0n) is 8.58. The second-order valence-corrected chi connectivity index (χ2v) is 4.96. The molecule has 0 bridgehead atoms. The minimum absolute atomic E-state index is 0.203. The molecular formula is C9H18N2O2Si. The van der Waals surface area contributed by atoms with Crippen molar-refractivity contribution in [1.29, 1.82) is 0 Å². The van der Waals surface area contributed by atoms with Crippen LogP contribution in [-0.2, 0) is 9.20 Å². The normalized spacial score (nSPS) is 35.8. The quantitative estimate of drug-likeness (QED) is 0.605. The maximum Gasteiger partial charge on any atom is 0.376 e. The number of nitrogens with one attached hydrogen (secondary N) is 2. The van der Waals surface area contributed by atoms with Crippen molar-refractivity contribution < 1.29 is 9.20 Å². The molecule has 0 aromatic carbocycles. The number of piperidine rings is 1. The SMILES string of the molecule is C[C@@H]1OCC2(CCNCC2)[C@@H]1N[SiH]=O. The molecule has 2 saturated heterocycles. The Hall–Kier alpha value is -0.263. The fourth-order valence-electron chi connectivity index (χ4n) is 2.75. The first-order chi connectivity index (χ1) is 6.78. The van der Waals surface area contributed by atoms with Crippen LogP contribution in [0.5, 0.6) is 0 Å². The lowest BCUT2D eigenvalue weighted by molar-refractivity contribution is 0.0951. The second-order valence-electron chi connectivity index (χ2n) is 4.39. The van der Waals surface area contributed by atoms with Crippen LogP contribution < -0.4 is 10.3 Å². The Kier molecular flexibility index (Phi) is 2.99. The van der Waals surface area contributed by atoms with Crippen molar-refractivity contribution >= 4 is 9.57 Å². The van der Waals surface area contributed by atoms with Crippen molar-refractivity contribution in [1.82, 2.24) is 10.3 Å². The van der Waals surface area contributed by atoms with Gasteiger partial charge in [-0.05, 0) is 32.9 Å². The third kappa shape index (κ3) is 1.64. The van der Waals surface area contributed by atoms with E-state index < -0.39 is 9.57 Å². The summed E-state index contributed by atoms with van der Waals surface area (Å²) >= 11 is 0. The maximum absolute atomic E-state index is 10.8. The molecule has 1 spiro atoms. The topological polar surface area (TPSA) is 50.4 Å². The number of hydrogen-bond donors (Lipinski definition) is 2. The maximum atomic E-state index is 10.8. The molecule has 2 rings (SSSR count). The van der Waals surface area contributed by atoms with Crippen LogP contribution in [0.15, 0.2) is 0 Å². The average molecular weight is 214 g/mol. The number of hydrogen-bond acceptors (Lipinski definition) is 3. The van der Waals surface area contributed by atoms with Crippen molar-refractivity contribution in [3.8, 4) is 0 Å². The zero-order chi connectivity index (χ0) is 10.0. The first-order valence-electron chi connectivity index (χ1n) is 5.30. The van der Waals surface area contributed by atoms with Crippen LogP contribution in [0.1, 0.15) is 19.8 Å². The van der Waals surface area contributed by atoms with E-state index in [0.29, 0.717) is 0 Å². The van der Waals surface area contributed by atoms with Gasteiger partial charge in [-0.25, -0.2) is 0 Å². The third-order valence-electron chi connectivity index (χ3n) is 3.61. The Labute approximate surface area is 86.7 Å². The van der Waals surface area contributed by atoms with E-state index in [1.165, 1.54) is 0 Å². The van der Waals surface area contributed by atoms with Gasteiger partial charge in [-0.2, -0.15) is 0 Å². The fourth-order valence-corrected chi connectivity index (χ4v) is 3.52. The van der Waals surface area contributed by atoms with Crippen LogP contribution in [0.25, 0.3) is 0 Å². The average Bonchev–Trinajstić information content (AvgIpc) is 2.49. The smallest absolute Gasteiger partial charge is 0.376 e. The molecule has 0 aromatic heterocycles. The summed E-state index contributed by atoms with van der Waals surface area (Å²) in [5.41, 5.74) is 0.238. The van der Waals surface area contributed by atoms with Gasteiger partial charge >= 0.3 is 9.57 Å². The van der Waals surface area contributed by atoms with E-state index >= 15 is 0 Å². The summed E-state index contributed by atoms with van der Waals surface area (Å²) in [5.74, 6) is 0. The van der Waals surface area contributed by atoms with Gasteiger partial charge in [-0.3, -0.25) is 0 Å². The molecule has 2 heterocycles. The molecule has 14 heavy (non-hydrogen) atoms. The summed E-state index contributed by atoms with van der Waals surface area (Å²) in [6, 6.07) is 0.289. The second kappa shape index (κ2) is 4.08. The minimum atomic E-state index is -0.872. The lowest BCUT2D eigenvalue weighted by Gasteiger charge is -2.38. The molecule has 2 fully saturated rings. The molecule has 0 amide bonds. The highest BCUT2D eigenvalue weighted by molar-refractivity contribution is 6.13. The summed E-state index contributed by atoms with van der Waals surface area (Å²) < 4.78 is 16.5. The monoisotopic (exact) mass is 214 g/mol. The molecule has 2 aliphatic heterocycles. The molecule has 0 saturated carbocycles. The Bertz CT molecular complexity index is 213. The van der Waals surface area contributed by atoms with Crippen LogP contribution in [0, 0.1) is 5.41 Å². The summed E-state index contributed by atoms with van der Waals surface area (Å²) in [6.07, 6.45) is 2.47. The largest absolute Gasteiger partial charge is 0.387 e. The first-order valence-corrected chi connectivity index (χ1v) is 6.35. The van der Waals surface area contributed by atoms with E-state index in [1.807, 2.05) is 0 Å². The molecule has 4 nitrogen and oxygen atoms in total. The molecule has 2 atom stereocenters. The standard InChI is InChI=1S/C9H18N2O2Si/c1-7-8(11-14-12)9(6-13-7)2-4-10-5-3-9/h7-8,10-11,14H,2-6H2,1H3/t7-,8+/m0/s1. The van der Waals surface area contributed by atoms with Gasteiger partial charge in [-0.15, -0.1) is 0 Å². The van der Waals surface area contributed by atoms with Crippen LogP contribution in [0.4, 0.5) is 0 Å². The van der Waals surface area contributed by atoms with Gasteiger partial charge in [0.25, 0.3) is 0 Å². The number of rotatable bonds is 2.